The smallest absolute Gasteiger partial charge is 0.337 e. The minimum absolute atomic E-state index is 0.338. The van der Waals surface area contributed by atoms with Crippen LogP contribution in [0.3, 0.4) is 0 Å². The number of nitrogen functional groups attached to an aromatic ring is 1. The van der Waals surface area contributed by atoms with Gasteiger partial charge in [0.15, 0.2) is 5.82 Å². The van der Waals surface area contributed by atoms with Gasteiger partial charge in [0.25, 0.3) is 5.95 Å². The van der Waals surface area contributed by atoms with E-state index in [0.717, 1.165) is 5.56 Å². The zero-order valence-corrected chi connectivity index (χ0v) is 11.1. The van der Waals surface area contributed by atoms with Crippen LogP contribution in [0.15, 0.2) is 29.4 Å². The maximum atomic E-state index is 11.3. The molecule has 0 saturated heterocycles. The van der Waals surface area contributed by atoms with Crippen molar-refractivity contribution >= 4 is 18.1 Å². The SMILES string of the molecule is COC(=O)c1ccc(/C=N/Nc2nnc(C)n2N)cc1. The molecule has 0 aliphatic carbocycles. The van der Waals surface area contributed by atoms with E-state index < -0.39 is 0 Å². The van der Waals surface area contributed by atoms with Crippen LogP contribution in [0.4, 0.5) is 5.95 Å². The van der Waals surface area contributed by atoms with Crippen LogP contribution in [-0.4, -0.2) is 34.2 Å². The lowest BCUT2D eigenvalue weighted by Crippen LogP contribution is -2.13. The van der Waals surface area contributed by atoms with Gasteiger partial charge in [-0.1, -0.05) is 12.1 Å². The lowest BCUT2D eigenvalue weighted by molar-refractivity contribution is 0.0601. The van der Waals surface area contributed by atoms with Crippen LogP contribution in [-0.2, 0) is 4.74 Å². The molecule has 0 unspecified atom stereocenters. The molecule has 0 saturated carbocycles. The maximum absolute atomic E-state index is 11.3. The zero-order chi connectivity index (χ0) is 14.5. The minimum Gasteiger partial charge on any atom is -0.465 e. The van der Waals surface area contributed by atoms with Gasteiger partial charge in [0.1, 0.15) is 0 Å². The quantitative estimate of drug-likeness (QED) is 0.364. The number of ether oxygens (including phenoxy) is 1. The fourth-order valence-electron chi connectivity index (χ4n) is 1.43. The Hall–Kier alpha value is -2.90. The van der Waals surface area contributed by atoms with Crippen LogP contribution in [0, 0.1) is 6.92 Å². The number of esters is 1. The monoisotopic (exact) mass is 274 g/mol. The van der Waals surface area contributed by atoms with Gasteiger partial charge in [-0.15, -0.1) is 10.2 Å². The van der Waals surface area contributed by atoms with Gasteiger partial charge in [-0.25, -0.2) is 14.9 Å². The number of hydrogen-bond acceptors (Lipinski definition) is 7. The number of benzene rings is 1. The van der Waals surface area contributed by atoms with E-state index in [-0.39, 0.29) is 5.97 Å². The third-order valence-electron chi connectivity index (χ3n) is 2.58. The summed E-state index contributed by atoms with van der Waals surface area (Å²) in [4.78, 5) is 11.3. The maximum Gasteiger partial charge on any atom is 0.337 e. The van der Waals surface area contributed by atoms with Gasteiger partial charge in [0.05, 0.1) is 18.9 Å². The van der Waals surface area contributed by atoms with Crippen LogP contribution < -0.4 is 11.3 Å². The topological polar surface area (TPSA) is 107 Å². The average Bonchev–Trinajstić information content (AvgIpc) is 2.79. The number of nitrogens with zero attached hydrogens (tertiary/aromatic N) is 4. The molecule has 8 heteroatoms. The first-order valence-electron chi connectivity index (χ1n) is 5.76. The Morgan fingerprint density at radius 1 is 1.40 bits per heavy atom. The summed E-state index contributed by atoms with van der Waals surface area (Å²) in [6.45, 7) is 1.73. The molecule has 3 N–H and O–H groups in total. The number of rotatable bonds is 4. The van der Waals surface area contributed by atoms with E-state index in [0.29, 0.717) is 17.3 Å². The molecule has 2 rings (SSSR count). The average molecular weight is 274 g/mol. The second-order valence-electron chi connectivity index (χ2n) is 3.92. The molecule has 20 heavy (non-hydrogen) atoms. The largest absolute Gasteiger partial charge is 0.465 e. The first-order chi connectivity index (χ1) is 9.61. The van der Waals surface area contributed by atoms with Crippen LogP contribution in [0.2, 0.25) is 0 Å². The second kappa shape index (κ2) is 5.83. The predicted octanol–water partition coefficient (Wildman–Crippen LogP) is 0.533. The summed E-state index contributed by atoms with van der Waals surface area (Å²) < 4.78 is 5.90. The number of hydrogen-bond donors (Lipinski definition) is 2. The van der Waals surface area contributed by atoms with E-state index in [2.05, 4.69) is 25.5 Å². The molecule has 0 bridgehead atoms. The van der Waals surface area contributed by atoms with Crippen LogP contribution in [0.1, 0.15) is 21.7 Å². The number of nitrogens with one attached hydrogen (secondary N) is 1. The number of methoxy groups -OCH3 is 1. The molecule has 0 atom stereocenters. The van der Waals surface area contributed by atoms with Gasteiger partial charge in [-0.2, -0.15) is 5.10 Å². The summed E-state index contributed by atoms with van der Waals surface area (Å²) in [6, 6.07) is 6.80. The highest BCUT2D eigenvalue weighted by molar-refractivity contribution is 5.90. The Kier molecular flexibility index (Phi) is 3.94. The second-order valence-corrected chi connectivity index (χ2v) is 3.92. The molecule has 0 radical (unpaired) electrons. The molecule has 1 heterocycles. The Morgan fingerprint density at radius 2 is 2.10 bits per heavy atom. The van der Waals surface area contributed by atoms with Crippen molar-refractivity contribution in [3.05, 3.63) is 41.2 Å². The summed E-state index contributed by atoms with van der Waals surface area (Å²) >= 11 is 0. The Bertz CT molecular complexity index is 632. The van der Waals surface area contributed by atoms with E-state index in [1.54, 1.807) is 37.4 Å². The van der Waals surface area contributed by atoms with Crippen molar-refractivity contribution in [3.63, 3.8) is 0 Å². The van der Waals surface area contributed by atoms with Gasteiger partial charge in [-0.05, 0) is 24.6 Å². The minimum atomic E-state index is -0.377. The van der Waals surface area contributed by atoms with Gasteiger partial charge in [0, 0.05) is 0 Å². The highest BCUT2D eigenvalue weighted by Crippen LogP contribution is 2.05. The highest BCUT2D eigenvalue weighted by atomic mass is 16.5. The first kappa shape index (κ1) is 13.5. The molecule has 0 spiro atoms. The third kappa shape index (κ3) is 2.91. The molecular formula is C12H14N6O2. The Balaban J connectivity index is 2.01. The lowest BCUT2D eigenvalue weighted by Gasteiger charge is -2.00. The number of hydrazone groups is 1. The summed E-state index contributed by atoms with van der Waals surface area (Å²) in [6.07, 6.45) is 1.57. The number of carbonyl (C=O) groups is 1. The number of nitrogens with two attached hydrogens (primary N) is 1. The number of carbonyl (C=O) groups excluding carboxylic acids is 1. The molecule has 0 amide bonds. The van der Waals surface area contributed by atoms with E-state index in [1.807, 2.05) is 0 Å². The van der Waals surface area contributed by atoms with Crippen molar-refractivity contribution in [3.8, 4) is 0 Å². The molecule has 0 aliphatic heterocycles. The van der Waals surface area contributed by atoms with Gasteiger partial charge in [-0.3, -0.25) is 0 Å². The molecule has 1 aromatic heterocycles. The van der Waals surface area contributed by atoms with Crippen molar-refractivity contribution < 1.29 is 9.53 Å². The number of aryl methyl sites for hydroxylation is 1. The summed E-state index contributed by atoms with van der Waals surface area (Å²) in [5.41, 5.74) is 3.96. The van der Waals surface area contributed by atoms with Crippen molar-refractivity contribution in [2.75, 3.05) is 18.4 Å². The van der Waals surface area contributed by atoms with Gasteiger partial charge >= 0.3 is 5.97 Å². The third-order valence-corrected chi connectivity index (χ3v) is 2.58. The molecule has 0 aliphatic rings. The summed E-state index contributed by atoms with van der Waals surface area (Å²) in [7, 11) is 1.34. The van der Waals surface area contributed by atoms with Crippen molar-refractivity contribution in [1.29, 1.82) is 0 Å². The molecular weight excluding hydrogens is 260 g/mol. The first-order valence-corrected chi connectivity index (χ1v) is 5.76. The summed E-state index contributed by atoms with van der Waals surface area (Å²) in [5, 5.41) is 11.6. The molecule has 2 aromatic rings. The van der Waals surface area contributed by atoms with Crippen molar-refractivity contribution in [1.82, 2.24) is 14.9 Å². The van der Waals surface area contributed by atoms with E-state index in [4.69, 9.17) is 5.84 Å². The molecule has 1 aromatic carbocycles. The van der Waals surface area contributed by atoms with Crippen molar-refractivity contribution in [2.24, 2.45) is 5.10 Å². The fourth-order valence-corrected chi connectivity index (χ4v) is 1.43. The summed E-state index contributed by atoms with van der Waals surface area (Å²) in [5.74, 6) is 6.19. The normalized spacial score (nSPS) is 10.7. The fraction of sp³-hybridized carbons (Fsp3) is 0.167. The predicted molar refractivity (Wildman–Crippen MR) is 73.9 cm³/mol. The number of aromatic nitrogens is 3. The van der Waals surface area contributed by atoms with Gasteiger partial charge < -0.3 is 10.6 Å². The zero-order valence-electron chi connectivity index (χ0n) is 11.1. The van der Waals surface area contributed by atoms with Crippen LogP contribution >= 0.6 is 0 Å². The molecule has 0 fully saturated rings. The Labute approximate surface area is 115 Å². The van der Waals surface area contributed by atoms with E-state index >= 15 is 0 Å². The van der Waals surface area contributed by atoms with Crippen LogP contribution in [0.25, 0.3) is 0 Å². The number of anilines is 1. The highest BCUT2D eigenvalue weighted by Gasteiger charge is 2.04. The Morgan fingerprint density at radius 3 is 2.65 bits per heavy atom. The van der Waals surface area contributed by atoms with E-state index in [1.165, 1.54) is 11.8 Å². The molecule has 104 valence electrons. The van der Waals surface area contributed by atoms with Gasteiger partial charge in [0.2, 0.25) is 0 Å². The van der Waals surface area contributed by atoms with Crippen LogP contribution in [0.5, 0.6) is 0 Å². The van der Waals surface area contributed by atoms with E-state index in [9.17, 15) is 4.79 Å². The standard InChI is InChI=1S/C12H14N6O2/c1-8-15-17-12(18(8)13)16-14-7-9-3-5-10(6-4-9)11(19)20-2/h3-7H,13H2,1-2H3,(H,16,17)/b14-7+. The van der Waals surface area contributed by atoms with Crippen molar-refractivity contribution in [2.45, 2.75) is 6.92 Å². The molecule has 8 nitrogen and oxygen atoms in total. The lowest BCUT2D eigenvalue weighted by atomic mass is 10.1.